The number of rotatable bonds is 8. The molecule has 1 heterocycles. The third-order valence-corrected chi connectivity index (χ3v) is 10.4. The summed E-state index contributed by atoms with van der Waals surface area (Å²) in [6.07, 6.45) is 0. The van der Waals surface area contributed by atoms with E-state index >= 15 is 0 Å². The Morgan fingerprint density at radius 1 is 0.273 bits per heavy atom. The average molecular weight is 705 g/mol. The monoisotopic (exact) mass is 704 g/mol. The Balaban J connectivity index is 1.16. The summed E-state index contributed by atoms with van der Waals surface area (Å²) >= 11 is 0. The van der Waals surface area contributed by atoms with E-state index in [2.05, 4.69) is 216 Å². The summed E-state index contributed by atoms with van der Waals surface area (Å²) in [5.41, 5.74) is 12.9. The summed E-state index contributed by atoms with van der Waals surface area (Å²) in [5, 5.41) is 4.69. The Morgan fingerprint density at radius 3 is 1.40 bits per heavy atom. The molecular weight excluding hydrogens is 669 g/mol. The van der Waals surface area contributed by atoms with Crippen LogP contribution in [0.25, 0.3) is 55.0 Å². The number of benzene rings is 9. The minimum Gasteiger partial charge on any atom is -0.456 e. The van der Waals surface area contributed by atoms with Gasteiger partial charge in [0.1, 0.15) is 11.2 Å². The molecule has 0 N–H and O–H groups in total. The number of nitrogens with zero attached hydrogens (tertiary/aromatic N) is 2. The Hall–Kier alpha value is -7.36. The van der Waals surface area contributed by atoms with Gasteiger partial charge in [-0.1, -0.05) is 133 Å². The standard InChI is InChI=1S/C52H36N2O/c1-4-17-41(18-5-1)53(42-19-6-2-7-20-42)45-33-40(48-25-14-16-38-15-10-11-23-47(38)48)34-46(36-45)54(43-21-8-3-9-22-43)44-30-27-37(28-31-44)39-29-32-52-50(35-39)49-24-12-13-26-51(49)55-52/h1-36H. The summed E-state index contributed by atoms with van der Waals surface area (Å²) < 4.78 is 6.13. The van der Waals surface area contributed by atoms with Gasteiger partial charge in [-0.2, -0.15) is 0 Å². The summed E-state index contributed by atoms with van der Waals surface area (Å²) in [6, 6.07) is 77.7. The molecule has 3 heteroatoms. The second-order valence-corrected chi connectivity index (χ2v) is 13.8. The number of fused-ring (bicyclic) bond motifs is 4. The van der Waals surface area contributed by atoms with Crippen molar-refractivity contribution < 1.29 is 4.42 Å². The molecule has 0 aliphatic heterocycles. The van der Waals surface area contributed by atoms with E-state index in [0.717, 1.165) is 72.8 Å². The largest absolute Gasteiger partial charge is 0.456 e. The number of hydrogen-bond donors (Lipinski definition) is 0. The van der Waals surface area contributed by atoms with Gasteiger partial charge in [-0.3, -0.25) is 0 Å². The van der Waals surface area contributed by atoms with Gasteiger partial charge >= 0.3 is 0 Å². The van der Waals surface area contributed by atoms with Crippen LogP contribution in [-0.4, -0.2) is 0 Å². The van der Waals surface area contributed by atoms with Gasteiger partial charge in [0.25, 0.3) is 0 Å². The first-order valence-corrected chi connectivity index (χ1v) is 18.7. The fraction of sp³-hybridized carbons (Fsp3) is 0. The van der Waals surface area contributed by atoms with Crippen LogP contribution in [0.2, 0.25) is 0 Å². The zero-order valence-corrected chi connectivity index (χ0v) is 30.1. The van der Waals surface area contributed by atoms with E-state index in [-0.39, 0.29) is 0 Å². The molecule has 0 atom stereocenters. The van der Waals surface area contributed by atoms with Gasteiger partial charge in [0.2, 0.25) is 0 Å². The minimum atomic E-state index is 0.902. The van der Waals surface area contributed by atoms with Gasteiger partial charge in [0, 0.05) is 44.9 Å². The van der Waals surface area contributed by atoms with E-state index in [0.29, 0.717) is 0 Å². The highest BCUT2D eigenvalue weighted by Gasteiger charge is 2.20. The van der Waals surface area contributed by atoms with Crippen molar-refractivity contribution in [3.63, 3.8) is 0 Å². The van der Waals surface area contributed by atoms with Crippen LogP contribution >= 0.6 is 0 Å². The lowest BCUT2D eigenvalue weighted by molar-refractivity contribution is 0.669. The normalized spacial score (nSPS) is 11.3. The van der Waals surface area contributed by atoms with Crippen LogP contribution in [0.4, 0.5) is 34.1 Å². The molecule has 10 rings (SSSR count). The molecular formula is C52H36N2O. The molecule has 0 fully saturated rings. The molecule has 0 spiro atoms. The van der Waals surface area contributed by atoms with Crippen molar-refractivity contribution in [1.82, 2.24) is 0 Å². The van der Waals surface area contributed by atoms with Gasteiger partial charge in [-0.15, -0.1) is 0 Å². The van der Waals surface area contributed by atoms with Crippen LogP contribution in [0.3, 0.4) is 0 Å². The molecule has 0 radical (unpaired) electrons. The lowest BCUT2D eigenvalue weighted by Gasteiger charge is -2.30. The van der Waals surface area contributed by atoms with Crippen molar-refractivity contribution in [3.05, 3.63) is 218 Å². The van der Waals surface area contributed by atoms with Crippen molar-refractivity contribution in [2.24, 2.45) is 0 Å². The van der Waals surface area contributed by atoms with Crippen LogP contribution < -0.4 is 9.80 Å². The lowest BCUT2D eigenvalue weighted by Crippen LogP contribution is -2.13. The second-order valence-electron chi connectivity index (χ2n) is 13.8. The summed E-state index contributed by atoms with van der Waals surface area (Å²) in [5.74, 6) is 0. The van der Waals surface area contributed by atoms with E-state index in [1.807, 2.05) is 12.1 Å². The van der Waals surface area contributed by atoms with Crippen molar-refractivity contribution >= 4 is 66.8 Å². The molecule has 3 nitrogen and oxygen atoms in total. The van der Waals surface area contributed by atoms with E-state index in [1.165, 1.54) is 16.3 Å². The highest BCUT2D eigenvalue weighted by molar-refractivity contribution is 6.06. The molecule has 0 amide bonds. The maximum absolute atomic E-state index is 6.13. The molecule has 0 bridgehead atoms. The number of anilines is 6. The number of hydrogen-bond acceptors (Lipinski definition) is 3. The first kappa shape index (κ1) is 32.3. The first-order chi connectivity index (χ1) is 27.3. The minimum absolute atomic E-state index is 0.902. The quantitative estimate of drug-likeness (QED) is 0.157. The summed E-state index contributed by atoms with van der Waals surface area (Å²) in [4.78, 5) is 4.71. The van der Waals surface area contributed by atoms with Crippen molar-refractivity contribution in [2.45, 2.75) is 0 Å². The maximum Gasteiger partial charge on any atom is 0.135 e. The van der Waals surface area contributed by atoms with Gasteiger partial charge in [-0.25, -0.2) is 0 Å². The Bertz CT molecular complexity index is 2870. The molecule has 0 aliphatic carbocycles. The summed E-state index contributed by atoms with van der Waals surface area (Å²) in [6.45, 7) is 0. The first-order valence-electron chi connectivity index (χ1n) is 18.7. The highest BCUT2D eigenvalue weighted by atomic mass is 16.3. The predicted octanol–water partition coefficient (Wildman–Crippen LogP) is 15.0. The summed E-state index contributed by atoms with van der Waals surface area (Å²) in [7, 11) is 0. The Morgan fingerprint density at radius 2 is 0.764 bits per heavy atom. The molecule has 260 valence electrons. The van der Waals surface area contributed by atoms with Crippen LogP contribution in [0, 0.1) is 0 Å². The molecule has 10 aromatic rings. The van der Waals surface area contributed by atoms with E-state index in [1.54, 1.807) is 0 Å². The van der Waals surface area contributed by atoms with E-state index in [4.69, 9.17) is 4.42 Å². The SMILES string of the molecule is c1ccc(N(c2ccccc2)c2cc(-c3cccc4ccccc34)cc(N(c3ccccc3)c3ccc(-c4ccc5oc6ccccc6c5c4)cc3)c2)cc1. The predicted molar refractivity (Wildman–Crippen MR) is 231 cm³/mol. The van der Waals surface area contributed by atoms with Gasteiger partial charge in [0.05, 0.1) is 0 Å². The maximum atomic E-state index is 6.13. The number of para-hydroxylation sites is 4. The Labute approximate surface area is 320 Å². The van der Waals surface area contributed by atoms with Gasteiger partial charge < -0.3 is 14.2 Å². The van der Waals surface area contributed by atoms with E-state index in [9.17, 15) is 0 Å². The van der Waals surface area contributed by atoms with Crippen LogP contribution in [0.1, 0.15) is 0 Å². The van der Waals surface area contributed by atoms with Crippen LogP contribution in [-0.2, 0) is 0 Å². The van der Waals surface area contributed by atoms with Gasteiger partial charge in [-0.05, 0) is 118 Å². The molecule has 55 heavy (non-hydrogen) atoms. The molecule has 0 saturated carbocycles. The lowest BCUT2D eigenvalue weighted by atomic mass is 9.96. The Kier molecular flexibility index (Phi) is 8.16. The molecule has 0 saturated heterocycles. The zero-order valence-electron chi connectivity index (χ0n) is 30.1. The third-order valence-electron chi connectivity index (χ3n) is 10.4. The molecule has 9 aromatic carbocycles. The zero-order chi connectivity index (χ0) is 36.6. The third kappa shape index (κ3) is 6.08. The van der Waals surface area contributed by atoms with Crippen molar-refractivity contribution in [3.8, 4) is 22.3 Å². The van der Waals surface area contributed by atoms with Crippen LogP contribution in [0.5, 0.6) is 0 Å². The molecule has 0 aliphatic rings. The smallest absolute Gasteiger partial charge is 0.135 e. The van der Waals surface area contributed by atoms with Crippen molar-refractivity contribution in [1.29, 1.82) is 0 Å². The fourth-order valence-corrected chi connectivity index (χ4v) is 7.82. The molecule has 1 aromatic heterocycles. The topological polar surface area (TPSA) is 19.6 Å². The highest BCUT2D eigenvalue weighted by Crippen LogP contribution is 2.44. The van der Waals surface area contributed by atoms with E-state index < -0.39 is 0 Å². The molecule has 0 unspecified atom stereocenters. The fourth-order valence-electron chi connectivity index (χ4n) is 7.82. The number of furan rings is 1. The second kappa shape index (κ2) is 13.9. The van der Waals surface area contributed by atoms with Crippen molar-refractivity contribution in [2.75, 3.05) is 9.80 Å². The van der Waals surface area contributed by atoms with Gasteiger partial charge in [0.15, 0.2) is 0 Å². The van der Waals surface area contributed by atoms with Crippen LogP contribution in [0.15, 0.2) is 223 Å². The average Bonchev–Trinajstić information content (AvgIpc) is 3.63.